The van der Waals surface area contributed by atoms with E-state index in [0.717, 1.165) is 5.56 Å². The maximum atomic E-state index is 12.3. The van der Waals surface area contributed by atoms with Crippen LogP contribution in [0.1, 0.15) is 28.4 Å². The summed E-state index contributed by atoms with van der Waals surface area (Å²) >= 11 is 0. The van der Waals surface area contributed by atoms with Gasteiger partial charge in [-0.2, -0.15) is 0 Å². The third kappa shape index (κ3) is 7.52. The molecule has 0 aromatic heterocycles. The minimum absolute atomic E-state index is 0.102. The number of aliphatic hydroxyl groups excluding tert-OH is 1. The molecule has 9 nitrogen and oxygen atoms in total. The molecule has 0 spiro atoms. The van der Waals surface area contributed by atoms with E-state index in [1.54, 1.807) is 53.4 Å². The molecule has 0 radical (unpaired) electrons. The molecule has 0 aliphatic rings. The summed E-state index contributed by atoms with van der Waals surface area (Å²) in [5.41, 5.74) is 3.79. The van der Waals surface area contributed by atoms with Crippen molar-refractivity contribution < 1.29 is 24.7 Å². The normalized spacial score (nSPS) is 12.2. The Hall–Kier alpha value is -3.71. The molecule has 9 heteroatoms. The SMILES string of the molecule is CC(O)C(NC(=O)c1ccc(C#Cc2ccc(NC(=O)CN(C)C)cc2)cc1)C(=O)NO. The smallest absolute Gasteiger partial charge is 0.268 e. The van der Waals surface area contributed by atoms with Gasteiger partial charge in [-0.3, -0.25) is 19.6 Å². The molecule has 0 bridgehead atoms. The van der Waals surface area contributed by atoms with Crippen LogP contribution in [-0.4, -0.2) is 65.7 Å². The Morgan fingerprint density at radius 1 is 0.969 bits per heavy atom. The van der Waals surface area contributed by atoms with Gasteiger partial charge in [0.05, 0.1) is 12.6 Å². The van der Waals surface area contributed by atoms with Crippen LogP contribution in [0, 0.1) is 11.8 Å². The Morgan fingerprint density at radius 2 is 1.50 bits per heavy atom. The summed E-state index contributed by atoms with van der Waals surface area (Å²) in [4.78, 5) is 37.4. The number of likely N-dealkylation sites (N-methyl/N-ethyl adjacent to an activating group) is 1. The highest BCUT2D eigenvalue weighted by atomic mass is 16.5. The van der Waals surface area contributed by atoms with E-state index in [1.807, 2.05) is 14.1 Å². The first kappa shape index (κ1) is 24.6. The van der Waals surface area contributed by atoms with E-state index in [0.29, 0.717) is 17.8 Å². The van der Waals surface area contributed by atoms with Crippen LogP contribution in [0.15, 0.2) is 48.5 Å². The summed E-state index contributed by atoms with van der Waals surface area (Å²) in [7, 11) is 3.64. The average molecular weight is 438 g/mol. The fourth-order valence-electron chi connectivity index (χ4n) is 2.67. The van der Waals surface area contributed by atoms with Crippen molar-refractivity contribution in [3.63, 3.8) is 0 Å². The van der Waals surface area contributed by atoms with E-state index in [2.05, 4.69) is 22.5 Å². The van der Waals surface area contributed by atoms with Gasteiger partial charge in [0.1, 0.15) is 6.04 Å². The quantitative estimate of drug-likeness (QED) is 0.244. The van der Waals surface area contributed by atoms with Gasteiger partial charge >= 0.3 is 0 Å². The van der Waals surface area contributed by atoms with Crippen LogP contribution in [0.2, 0.25) is 0 Å². The van der Waals surface area contributed by atoms with Crippen molar-refractivity contribution in [3.8, 4) is 11.8 Å². The van der Waals surface area contributed by atoms with Crippen molar-refractivity contribution in [1.29, 1.82) is 0 Å². The van der Waals surface area contributed by atoms with E-state index in [-0.39, 0.29) is 11.5 Å². The molecule has 2 aromatic rings. The molecule has 2 atom stereocenters. The van der Waals surface area contributed by atoms with Gasteiger partial charge in [0, 0.05) is 22.4 Å². The lowest BCUT2D eigenvalue weighted by molar-refractivity contribution is -0.133. The standard InChI is InChI=1S/C23H26N4O5/c1-15(28)21(23(31)26-32)25-22(30)18-10-6-16(7-11-18)4-5-17-8-12-19(13-9-17)24-20(29)14-27(2)3/h6-13,15,21,28,32H,14H2,1-3H3,(H,24,29)(H,25,30)(H,26,31). The molecule has 0 heterocycles. The molecule has 3 amide bonds. The van der Waals surface area contributed by atoms with Crippen LogP contribution in [0.5, 0.6) is 0 Å². The predicted octanol–water partition coefficient (Wildman–Crippen LogP) is 0.571. The van der Waals surface area contributed by atoms with Crippen molar-refractivity contribution >= 4 is 23.4 Å². The molecular weight excluding hydrogens is 412 g/mol. The zero-order valence-corrected chi connectivity index (χ0v) is 18.0. The second kappa shape index (κ2) is 11.6. The molecule has 0 fully saturated rings. The van der Waals surface area contributed by atoms with Crippen molar-refractivity contribution in [1.82, 2.24) is 15.7 Å². The van der Waals surface area contributed by atoms with E-state index in [9.17, 15) is 19.5 Å². The second-order valence-corrected chi connectivity index (χ2v) is 7.36. The fourth-order valence-corrected chi connectivity index (χ4v) is 2.67. The Bertz CT molecular complexity index is 1010. The molecule has 0 aliphatic carbocycles. The number of nitrogens with zero attached hydrogens (tertiary/aromatic N) is 1. The summed E-state index contributed by atoms with van der Waals surface area (Å²) in [5, 5.41) is 23.5. The van der Waals surface area contributed by atoms with Crippen molar-refractivity contribution in [2.75, 3.05) is 26.0 Å². The zero-order chi connectivity index (χ0) is 23.7. The molecule has 2 aromatic carbocycles. The number of aliphatic hydroxyl groups is 1. The Labute approximate surface area is 186 Å². The van der Waals surface area contributed by atoms with E-state index in [1.165, 1.54) is 12.4 Å². The summed E-state index contributed by atoms with van der Waals surface area (Å²) in [5.74, 6) is 4.40. The first-order chi connectivity index (χ1) is 15.2. The average Bonchev–Trinajstić information content (AvgIpc) is 2.75. The minimum Gasteiger partial charge on any atom is -0.391 e. The van der Waals surface area contributed by atoms with Gasteiger partial charge in [0.25, 0.3) is 11.8 Å². The molecule has 0 saturated carbocycles. The maximum Gasteiger partial charge on any atom is 0.268 e. The number of benzene rings is 2. The van der Waals surface area contributed by atoms with Gasteiger partial charge in [0.15, 0.2) is 0 Å². The molecule has 2 rings (SSSR count). The van der Waals surface area contributed by atoms with Crippen molar-refractivity contribution in [2.24, 2.45) is 0 Å². The highest BCUT2D eigenvalue weighted by Crippen LogP contribution is 2.10. The summed E-state index contributed by atoms with van der Waals surface area (Å²) in [6, 6.07) is 12.2. The molecular formula is C23H26N4O5. The molecule has 0 saturated heterocycles. The number of hydroxylamine groups is 1. The monoisotopic (exact) mass is 438 g/mol. The van der Waals surface area contributed by atoms with Gasteiger partial charge in [-0.15, -0.1) is 0 Å². The highest BCUT2D eigenvalue weighted by molar-refractivity contribution is 5.97. The molecule has 2 unspecified atom stereocenters. The third-order valence-corrected chi connectivity index (χ3v) is 4.29. The zero-order valence-electron chi connectivity index (χ0n) is 18.0. The van der Waals surface area contributed by atoms with E-state index in [4.69, 9.17) is 5.21 Å². The number of hydrogen-bond donors (Lipinski definition) is 5. The Morgan fingerprint density at radius 3 is 1.97 bits per heavy atom. The van der Waals surface area contributed by atoms with Gasteiger partial charge < -0.3 is 20.6 Å². The van der Waals surface area contributed by atoms with Gasteiger partial charge in [-0.25, -0.2) is 5.48 Å². The first-order valence-electron chi connectivity index (χ1n) is 9.79. The Kier molecular flexibility index (Phi) is 8.92. The fraction of sp³-hybridized carbons (Fsp3) is 0.261. The summed E-state index contributed by atoms with van der Waals surface area (Å²) < 4.78 is 0. The van der Waals surface area contributed by atoms with Crippen LogP contribution < -0.4 is 16.1 Å². The second-order valence-electron chi connectivity index (χ2n) is 7.36. The Balaban J connectivity index is 2.00. The molecule has 5 N–H and O–H groups in total. The lowest BCUT2D eigenvalue weighted by Gasteiger charge is -2.19. The number of carbonyl (C=O) groups is 3. The first-order valence-corrected chi connectivity index (χ1v) is 9.79. The largest absolute Gasteiger partial charge is 0.391 e. The number of rotatable bonds is 7. The maximum absolute atomic E-state index is 12.3. The van der Waals surface area contributed by atoms with Crippen molar-refractivity contribution in [2.45, 2.75) is 19.1 Å². The van der Waals surface area contributed by atoms with Crippen LogP contribution in [0.3, 0.4) is 0 Å². The van der Waals surface area contributed by atoms with Crippen LogP contribution >= 0.6 is 0 Å². The van der Waals surface area contributed by atoms with E-state index < -0.39 is 24.0 Å². The lowest BCUT2D eigenvalue weighted by Crippen LogP contribution is -2.51. The number of carbonyl (C=O) groups excluding carboxylic acids is 3. The number of amides is 3. The van der Waals surface area contributed by atoms with E-state index >= 15 is 0 Å². The minimum atomic E-state index is -1.29. The van der Waals surface area contributed by atoms with Crippen LogP contribution in [0.25, 0.3) is 0 Å². The van der Waals surface area contributed by atoms with Crippen LogP contribution in [-0.2, 0) is 9.59 Å². The number of anilines is 1. The molecule has 0 aliphatic heterocycles. The predicted molar refractivity (Wildman–Crippen MR) is 119 cm³/mol. The lowest BCUT2D eigenvalue weighted by atomic mass is 10.1. The topological polar surface area (TPSA) is 131 Å². The van der Waals surface area contributed by atoms with Gasteiger partial charge in [0.2, 0.25) is 5.91 Å². The van der Waals surface area contributed by atoms with Gasteiger partial charge in [-0.1, -0.05) is 11.8 Å². The highest BCUT2D eigenvalue weighted by Gasteiger charge is 2.25. The number of hydrogen-bond acceptors (Lipinski definition) is 6. The van der Waals surface area contributed by atoms with Crippen LogP contribution in [0.4, 0.5) is 5.69 Å². The summed E-state index contributed by atoms with van der Waals surface area (Å²) in [6.45, 7) is 1.62. The third-order valence-electron chi connectivity index (χ3n) is 4.29. The molecule has 168 valence electrons. The van der Waals surface area contributed by atoms with Crippen molar-refractivity contribution in [3.05, 3.63) is 65.2 Å². The summed E-state index contributed by atoms with van der Waals surface area (Å²) in [6.07, 6.45) is -1.19. The number of nitrogens with one attached hydrogen (secondary N) is 3. The molecule has 32 heavy (non-hydrogen) atoms. The van der Waals surface area contributed by atoms with Gasteiger partial charge in [-0.05, 0) is 69.6 Å².